The van der Waals surface area contributed by atoms with Crippen molar-refractivity contribution in [2.24, 2.45) is 0 Å². The number of carbonyl (C=O) groups is 2. The van der Waals surface area contributed by atoms with Gasteiger partial charge in [0.2, 0.25) is 11.8 Å². The number of thioether (sulfide) groups is 1. The molecule has 1 atom stereocenters. The molecule has 2 aromatic carbocycles. The zero-order valence-electron chi connectivity index (χ0n) is 13.0. The quantitative estimate of drug-likeness (QED) is 0.580. The van der Waals surface area contributed by atoms with E-state index in [1.807, 2.05) is 31.2 Å². The topological polar surface area (TPSA) is 84.2 Å². The molecule has 0 fully saturated rings. The Morgan fingerprint density at radius 2 is 1.48 bits per heavy atom. The highest BCUT2D eigenvalue weighted by Gasteiger charge is 2.14. The van der Waals surface area contributed by atoms with Crippen LogP contribution in [0.5, 0.6) is 0 Å². The summed E-state index contributed by atoms with van der Waals surface area (Å²) >= 11 is 1.47. The standard InChI is InChI=1S/C17H19N3O2S/c1-11(23-16-9-3-13(18)4-10-16)17(22)20-15-7-5-14(6-8-15)19-12(2)21/h3-11H,18H2,1-2H3,(H,19,21)(H,20,22)/t11-/m0/s1. The molecule has 0 spiro atoms. The molecule has 0 unspecified atom stereocenters. The first-order valence-electron chi connectivity index (χ1n) is 7.15. The molecular formula is C17H19N3O2S. The fourth-order valence-corrected chi connectivity index (χ4v) is 2.76. The number of benzene rings is 2. The summed E-state index contributed by atoms with van der Waals surface area (Å²) in [5, 5.41) is 5.29. The summed E-state index contributed by atoms with van der Waals surface area (Å²) < 4.78 is 0. The van der Waals surface area contributed by atoms with Gasteiger partial charge >= 0.3 is 0 Å². The molecule has 0 saturated carbocycles. The minimum Gasteiger partial charge on any atom is -0.399 e. The van der Waals surface area contributed by atoms with Crippen molar-refractivity contribution in [2.45, 2.75) is 24.0 Å². The van der Waals surface area contributed by atoms with E-state index in [-0.39, 0.29) is 17.1 Å². The van der Waals surface area contributed by atoms with E-state index in [1.54, 1.807) is 24.3 Å². The molecule has 0 aliphatic carbocycles. The molecule has 0 aromatic heterocycles. The van der Waals surface area contributed by atoms with E-state index in [2.05, 4.69) is 10.6 Å². The molecule has 0 radical (unpaired) electrons. The van der Waals surface area contributed by atoms with Gasteiger partial charge in [-0.05, 0) is 55.5 Å². The number of hydrogen-bond acceptors (Lipinski definition) is 4. The van der Waals surface area contributed by atoms with Crippen LogP contribution in [0.15, 0.2) is 53.4 Å². The van der Waals surface area contributed by atoms with Crippen molar-refractivity contribution in [1.29, 1.82) is 0 Å². The van der Waals surface area contributed by atoms with Crippen molar-refractivity contribution in [3.8, 4) is 0 Å². The van der Waals surface area contributed by atoms with Crippen LogP contribution in [0.4, 0.5) is 17.1 Å². The van der Waals surface area contributed by atoms with Gasteiger partial charge in [-0.15, -0.1) is 11.8 Å². The Morgan fingerprint density at radius 3 is 2.00 bits per heavy atom. The first-order chi connectivity index (χ1) is 10.9. The maximum absolute atomic E-state index is 12.2. The third kappa shape index (κ3) is 5.34. The Balaban J connectivity index is 1.92. The molecule has 2 amide bonds. The SMILES string of the molecule is CC(=O)Nc1ccc(NC(=O)[C@H](C)Sc2ccc(N)cc2)cc1. The van der Waals surface area contributed by atoms with Crippen molar-refractivity contribution in [3.05, 3.63) is 48.5 Å². The van der Waals surface area contributed by atoms with Crippen LogP contribution in [0, 0.1) is 0 Å². The van der Waals surface area contributed by atoms with E-state index in [1.165, 1.54) is 18.7 Å². The van der Waals surface area contributed by atoms with Gasteiger partial charge < -0.3 is 16.4 Å². The third-order valence-electron chi connectivity index (χ3n) is 3.03. The fourth-order valence-electron chi connectivity index (χ4n) is 1.89. The average molecular weight is 329 g/mol. The first kappa shape index (κ1) is 16.9. The lowest BCUT2D eigenvalue weighted by atomic mass is 10.2. The van der Waals surface area contributed by atoms with Crippen LogP contribution in [0.3, 0.4) is 0 Å². The molecule has 23 heavy (non-hydrogen) atoms. The molecule has 2 aromatic rings. The van der Waals surface area contributed by atoms with Gasteiger partial charge in [-0.2, -0.15) is 0 Å². The Bertz CT molecular complexity index is 684. The Labute approximate surface area is 139 Å². The number of nitrogen functional groups attached to an aromatic ring is 1. The van der Waals surface area contributed by atoms with Crippen molar-refractivity contribution >= 4 is 40.6 Å². The van der Waals surface area contributed by atoms with Crippen LogP contribution in [0.25, 0.3) is 0 Å². The van der Waals surface area contributed by atoms with E-state index in [0.29, 0.717) is 17.1 Å². The molecule has 5 nitrogen and oxygen atoms in total. The number of hydrogen-bond donors (Lipinski definition) is 3. The summed E-state index contributed by atoms with van der Waals surface area (Å²) in [5.74, 6) is -0.214. The smallest absolute Gasteiger partial charge is 0.237 e. The lowest BCUT2D eigenvalue weighted by Gasteiger charge is -2.12. The summed E-state index contributed by atoms with van der Waals surface area (Å²) in [6, 6.07) is 14.4. The Kier molecular flexibility index (Phi) is 5.65. The second-order valence-corrected chi connectivity index (χ2v) is 6.49. The van der Waals surface area contributed by atoms with E-state index in [0.717, 1.165) is 4.90 Å². The summed E-state index contributed by atoms with van der Waals surface area (Å²) in [6.45, 7) is 3.30. The molecule has 0 saturated heterocycles. The van der Waals surface area contributed by atoms with Gasteiger partial charge in [-0.1, -0.05) is 0 Å². The molecule has 2 rings (SSSR count). The summed E-state index contributed by atoms with van der Waals surface area (Å²) in [7, 11) is 0. The summed E-state index contributed by atoms with van der Waals surface area (Å²) in [4.78, 5) is 24.2. The van der Waals surface area contributed by atoms with E-state index in [9.17, 15) is 9.59 Å². The van der Waals surface area contributed by atoms with Crippen LogP contribution < -0.4 is 16.4 Å². The zero-order chi connectivity index (χ0) is 16.8. The molecule has 4 N–H and O–H groups in total. The summed E-state index contributed by atoms with van der Waals surface area (Å²) in [5.41, 5.74) is 7.73. The lowest BCUT2D eigenvalue weighted by Crippen LogP contribution is -2.22. The predicted molar refractivity (Wildman–Crippen MR) is 95.5 cm³/mol. The van der Waals surface area contributed by atoms with E-state index < -0.39 is 0 Å². The Hall–Kier alpha value is -2.47. The number of amides is 2. The Morgan fingerprint density at radius 1 is 0.957 bits per heavy atom. The zero-order valence-corrected chi connectivity index (χ0v) is 13.8. The third-order valence-corrected chi connectivity index (χ3v) is 4.15. The van der Waals surface area contributed by atoms with Crippen LogP contribution in [0.2, 0.25) is 0 Å². The van der Waals surface area contributed by atoms with Gasteiger partial charge in [-0.25, -0.2) is 0 Å². The number of rotatable bonds is 5. The maximum atomic E-state index is 12.2. The molecule has 120 valence electrons. The van der Waals surface area contributed by atoms with E-state index in [4.69, 9.17) is 5.73 Å². The molecule has 0 aliphatic rings. The highest BCUT2D eigenvalue weighted by atomic mass is 32.2. The molecule has 0 bridgehead atoms. The van der Waals surface area contributed by atoms with Crippen LogP contribution in [-0.2, 0) is 9.59 Å². The molecule has 0 aliphatic heterocycles. The second kappa shape index (κ2) is 7.69. The van der Waals surface area contributed by atoms with Crippen LogP contribution in [0.1, 0.15) is 13.8 Å². The minimum atomic E-state index is -0.242. The monoisotopic (exact) mass is 329 g/mol. The first-order valence-corrected chi connectivity index (χ1v) is 8.03. The van der Waals surface area contributed by atoms with Crippen molar-refractivity contribution < 1.29 is 9.59 Å². The van der Waals surface area contributed by atoms with Gasteiger partial charge in [-0.3, -0.25) is 9.59 Å². The molecule has 0 heterocycles. The van der Waals surface area contributed by atoms with Crippen molar-refractivity contribution in [2.75, 3.05) is 16.4 Å². The highest BCUT2D eigenvalue weighted by molar-refractivity contribution is 8.00. The largest absolute Gasteiger partial charge is 0.399 e. The van der Waals surface area contributed by atoms with Gasteiger partial charge in [0.15, 0.2) is 0 Å². The van der Waals surface area contributed by atoms with Gasteiger partial charge in [0.05, 0.1) is 5.25 Å². The fraction of sp³-hybridized carbons (Fsp3) is 0.176. The van der Waals surface area contributed by atoms with Crippen LogP contribution in [-0.4, -0.2) is 17.1 Å². The minimum absolute atomic E-state index is 0.0842. The average Bonchev–Trinajstić information content (AvgIpc) is 2.51. The van der Waals surface area contributed by atoms with Gasteiger partial charge in [0.25, 0.3) is 0 Å². The number of nitrogens with one attached hydrogen (secondary N) is 2. The van der Waals surface area contributed by atoms with Crippen molar-refractivity contribution in [1.82, 2.24) is 0 Å². The lowest BCUT2D eigenvalue weighted by molar-refractivity contribution is -0.115. The van der Waals surface area contributed by atoms with Gasteiger partial charge in [0, 0.05) is 28.9 Å². The van der Waals surface area contributed by atoms with Crippen LogP contribution >= 0.6 is 11.8 Å². The predicted octanol–water partition coefficient (Wildman–Crippen LogP) is 3.35. The molecular weight excluding hydrogens is 310 g/mol. The second-order valence-electron chi connectivity index (χ2n) is 5.08. The normalized spacial score (nSPS) is 11.6. The summed E-state index contributed by atoms with van der Waals surface area (Å²) in [6.07, 6.45) is 0. The van der Waals surface area contributed by atoms with Gasteiger partial charge in [0.1, 0.15) is 0 Å². The highest BCUT2D eigenvalue weighted by Crippen LogP contribution is 2.25. The number of carbonyl (C=O) groups excluding carboxylic acids is 2. The maximum Gasteiger partial charge on any atom is 0.237 e. The number of anilines is 3. The van der Waals surface area contributed by atoms with Crippen molar-refractivity contribution in [3.63, 3.8) is 0 Å². The number of nitrogens with two attached hydrogens (primary N) is 1. The van der Waals surface area contributed by atoms with E-state index >= 15 is 0 Å². The molecule has 6 heteroatoms.